The van der Waals surface area contributed by atoms with Gasteiger partial charge in [0.1, 0.15) is 11.8 Å². The number of nitrogens with one attached hydrogen (secondary N) is 1. The number of fused-ring (bicyclic) bond motifs is 1. The molecule has 174 valence electrons. The first kappa shape index (κ1) is 21.6. The van der Waals surface area contributed by atoms with Crippen LogP contribution in [0.3, 0.4) is 0 Å². The zero-order valence-corrected chi connectivity index (χ0v) is 19.3. The second-order valence-corrected chi connectivity index (χ2v) is 10.1. The normalized spacial score (nSPS) is 28.4. The number of ether oxygens (including phenoxy) is 1. The highest BCUT2D eigenvalue weighted by atomic mass is 16.5. The number of aromatic nitrogens is 1. The highest BCUT2D eigenvalue weighted by molar-refractivity contribution is 5.92. The molecule has 1 saturated carbocycles. The van der Waals surface area contributed by atoms with E-state index in [-0.39, 0.29) is 17.9 Å². The molecule has 8 heteroatoms. The molecule has 0 radical (unpaired) electrons. The third kappa shape index (κ3) is 3.99. The Hall–Kier alpha value is -2.19. The lowest BCUT2D eigenvalue weighted by Gasteiger charge is -2.41. The van der Waals surface area contributed by atoms with Crippen LogP contribution in [0.2, 0.25) is 0 Å². The van der Waals surface area contributed by atoms with Gasteiger partial charge in [-0.2, -0.15) is 0 Å². The van der Waals surface area contributed by atoms with E-state index in [4.69, 9.17) is 4.74 Å². The van der Waals surface area contributed by atoms with Gasteiger partial charge in [-0.1, -0.05) is 6.42 Å². The molecule has 3 saturated heterocycles. The Balaban J connectivity index is 1.22. The largest absolute Gasteiger partial charge is 0.495 e. The highest BCUT2D eigenvalue weighted by Gasteiger charge is 2.50. The number of rotatable bonds is 5. The molecule has 32 heavy (non-hydrogen) atoms. The van der Waals surface area contributed by atoms with Crippen molar-refractivity contribution in [2.24, 2.45) is 0 Å². The average molecular weight is 442 g/mol. The molecule has 3 aliphatic heterocycles. The summed E-state index contributed by atoms with van der Waals surface area (Å²) in [5.41, 5.74) is 0.507. The maximum absolute atomic E-state index is 13.3. The van der Waals surface area contributed by atoms with Crippen LogP contribution < -0.4 is 10.1 Å². The molecular formula is C24H35N5O3. The topological polar surface area (TPSA) is 78.0 Å². The zero-order chi connectivity index (χ0) is 22.3. The fourth-order valence-corrected chi connectivity index (χ4v) is 5.89. The monoisotopic (exact) mass is 441 g/mol. The van der Waals surface area contributed by atoms with Crippen LogP contribution in [0, 0.1) is 0 Å². The van der Waals surface area contributed by atoms with Crippen molar-refractivity contribution in [1.82, 2.24) is 25.0 Å². The first-order valence-corrected chi connectivity index (χ1v) is 12.0. The number of methoxy groups -OCH3 is 1. The van der Waals surface area contributed by atoms with Gasteiger partial charge in [0, 0.05) is 44.5 Å². The number of pyridine rings is 1. The lowest BCUT2D eigenvalue weighted by atomic mass is 9.84. The number of likely N-dealkylation sites (N-methyl/N-ethyl adjacent to an activating group) is 1. The van der Waals surface area contributed by atoms with E-state index < -0.39 is 5.54 Å². The molecule has 2 amide bonds. The van der Waals surface area contributed by atoms with E-state index in [1.54, 1.807) is 13.3 Å². The lowest BCUT2D eigenvalue weighted by molar-refractivity contribution is -0.135. The second kappa shape index (κ2) is 8.63. The van der Waals surface area contributed by atoms with Crippen molar-refractivity contribution in [2.75, 3.05) is 33.8 Å². The molecule has 0 unspecified atom stereocenters. The summed E-state index contributed by atoms with van der Waals surface area (Å²) in [5.74, 6) is 0.977. The predicted molar refractivity (Wildman–Crippen MR) is 120 cm³/mol. The zero-order valence-electron chi connectivity index (χ0n) is 19.3. The van der Waals surface area contributed by atoms with Crippen molar-refractivity contribution in [3.8, 4) is 5.75 Å². The summed E-state index contributed by atoms with van der Waals surface area (Å²) >= 11 is 0. The summed E-state index contributed by atoms with van der Waals surface area (Å²) in [6, 6.07) is 4.41. The van der Waals surface area contributed by atoms with E-state index in [1.807, 2.05) is 17.0 Å². The summed E-state index contributed by atoms with van der Waals surface area (Å²) in [6.45, 7) is 3.05. The number of carbonyl (C=O) groups excluding carboxylic acids is 2. The van der Waals surface area contributed by atoms with E-state index >= 15 is 0 Å². The summed E-state index contributed by atoms with van der Waals surface area (Å²) in [4.78, 5) is 37.6. The molecule has 2 atom stereocenters. The van der Waals surface area contributed by atoms with Crippen LogP contribution in [0.5, 0.6) is 5.75 Å². The minimum absolute atomic E-state index is 0.0419. The number of hydrogen-bond acceptors (Lipinski definition) is 6. The SMILES string of the molecule is COc1cccnc1CN1CCC2(CC1)CC(=O)N1C[C@@H](N(C)C3CCC3)C[C@H]1C(=O)N2. The molecule has 1 aliphatic carbocycles. The van der Waals surface area contributed by atoms with Crippen LogP contribution in [-0.4, -0.2) is 89.0 Å². The van der Waals surface area contributed by atoms with Crippen LogP contribution in [0.4, 0.5) is 0 Å². The number of likely N-dealkylation sites (tertiary alicyclic amines) is 1. The molecule has 4 heterocycles. The third-order valence-corrected chi connectivity index (χ3v) is 8.26. The summed E-state index contributed by atoms with van der Waals surface area (Å²) in [6.07, 6.45) is 8.29. The number of carbonyl (C=O) groups is 2. The van der Waals surface area contributed by atoms with Gasteiger partial charge < -0.3 is 15.0 Å². The van der Waals surface area contributed by atoms with Crippen molar-refractivity contribution in [1.29, 1.82) is 0 Å². The molecule has 4 fully saturated rings. The second-order valence-electron chi connectivity index (χ2n) is 10.1. The van der Waals surface area contributed by atoms with Gasteiger partial charge in [-0.15, -0.1) is 0 Å². The molecule has 0 aromatic carbocycles. The Morgan fingerprint density at radius 1 is 1.25 bits per heavy atom. The summed E-state index contributed by atoms with van der Waals surface area (Å²) in [7, 11) is 3.83. The quantitative estimate of drug-likeness (QED) is 0.744. The molecule has 4 aliphatic rings. The summed E-state index contributed by atoms with van der Waals surface area (Å²) < 4.78 is 5.43. The van der Waals surface area contributed by atoms with E-state index in [0.29, 0.717) is 31.6 Å². The van der Waals surface area contributed by atoms with E-state index in [9.17, 15) is 9.59 Å². The molecule has 1 aromatic rings. The maximum atomic E-state index is 13.3. The summed E-state index contributed by atoms with van der Waals surface area (Å²) in [5, 5.41) is 3.33. The average Bonchev–Trinajstić information content (AvgIpc) is 3.17. The molecule has 1 spiro atoms. The Morgan fingerprint density at radius 3 is 2.72 bits per heavy atom. The minimum Gasteiger partial charge on any atom is -0.495 e. The van der Waals surface area contributed by atoms with Gasteiger partial charge in [-0.25, -0.2) is 0 Å². The molecule has 0 bridgehead atoms. The van der Waals surface area contributed by atoms with Gasteiger partial charge in [0.25, 0.3) is 0 Å². The fraction of sp³-hybridized carbons (Fsp3) is 0.708. The Bertz CT molecular complexity index is 837. The maximum Gasteiger partial charge on any atom is 0.243 e. The van der Waals surface area contributed by atoms with Crippen molar-refractivity contribution in [3.05, 3.63) is 24.0 Å². The van der Waals surface area contributed by atoms with Gasteiger partial charge in [-0.05, 0) is 51.3 Å². The van der Waals surface area contributed by atoms with Crippen molar-refractivity contribution in [3.63, 3.8) is 0 Å². The Morgan fingerprint density at radius 2 is 2.03 bits per heavy atom. The lowest BCUT2D eigenvalue weighted by Crippen LogP contribution is -2.56. The van der Waals surface area contributed by atoms with Crippen LogP contribution in [0.15, 0.2) is 18.3 Å². The molecule has 5 rings (SSSR count). The van der Waals surface area contributed by atoms with E-state index in [0.717, 1.165) is 43.8 Å². The fourth-order valence-electron chi connectivity index (χ4n) is 5.89. The van der Waals surface area contributed by atoms with Crippen LogP contribution in [0.1, 0.15) is 50.6 Å². The van der Waals surface area contributed by atoms with Crippen LogP contribution >= 0.6 is 0 Å². The number of piperidine rings is 1. The van der Waals surface area contributed by atoms with Gasteiger partial charge in [0.15, 0.2) is 0 Å². The molecule has 1 aromatic heterocycles. The van der Waals surface area contributed by atoms with Crippen LogP contribution in [0.25, 0.3) is 0 Å². The Kier molecular flexibility index (Phi) is 5.84. The smallest absolute Gasteiger partial charge is 0.243 e. The number of amides is 2. The first-order chi connectivity index (χ1) is 15.5. The molecular weight excluding hydrogens is 406 g/mol. The van der Waals surface area contributed by atoms with Gasteiger partial charge in [0.05, 0.1) is 24.8 Å². The molecule has 8 nitrogen and oxygen atoms in total. The van der Waals surface area contributed by atoms with Gasteiger partial charge in [0.2, 0.25) is 11.8 Å². The number of hydrogen-bond donors (Lipinski definition) is 1. The third-order valence-electron chi connectivity index (χ3n) is 8.26. The number of nitrogens with zero attached hydrogens (tertiary/aromatic N) is 4. The van der Waals surface area contributed by atoms with Crippen molar-refractivity contribution < 1.29 is 14.3 Å². The predicted octanol–water partition coefficient (Wildman–Crippen LogP) is 1.40. The van der Waals surface area contributed by atoms with Gasteiger partial charge in [-0.3, -0.25) is 24.4 Å². The van der Waals surface area contributed by atoms with E-state index in [2.05, 4.69) is 27.1 Å². The van der Waals surface area contributed by atoms with Crippen LogP contribution in [-0.2, 0) is 16.1 Å². The van der Waals surface area contributed by atoms with Crippen molar-refractivity contribution >= 4 is 11.8 Å². The van der Waals surface area contributed by atoms with E-state index in [1.165, 1.54) is 19.3 Å². The first-order valence-electron chi connectivity index (χ1n) is 12.0. The minimum atomic E-state index is -0.418. The highest BCUT2D eigenvalue weighted by Crippen LogP contribution is 2.35. The van der Waals surface area contributed by atoms with Gasteiger partial charge >= 0.3 is 0 Å². The molecule has 1 N–H and O–H groups in total. The Labute approximate surface area is 190 Å². The standard InChI is InChI=1S/C24H35N5O3/c1-27(17-5-3-6-17)18-13-20-23(31)26-24(14-22(30)29(20)15-18)8-11-28(12-9-24)16-19-21(32-2)7-4-10-25-19/h4,7,10,17-18,20H,3,5-6,8-9,11-16H2,1-2H3,(H,26,31)/t18-,20-/m0/s1. The van der Waals surface area contributed by atoms with Crippen molar-refractivity contribution in [2.45, 2.75) is 75.2 Å².